The van der Waals surface area contributed by atoms with E-state index < -0.39 is 0 Å². The van der Waals surface area contributed by atoms with Crippen LogP contribution in [0.3, 0.4) is 0 Å². The predicted octanol–water partition coefficient (Wildman–Crippen LogP) is 1.71. The summed E-state index contributed by atoms with van der Waals surface area (Å²) in [5.74, 6) is 0.727. The number of rotatable bonds is 5. The molecule has 0 saturated carbocycles. The molecule has 0 aromatic carbocycles. The van der Waals surface area contributed by atoms with E-state index >= 15 is 0 Å². The van der Waals surface area contributed by atoms with Gasteiger partial charge in [-0.3, -0.25) is 0 Å². The van der Waals surface area contributed by atoms with Crippen molar-refractivity contribution in [3.05, 3.63) is 11.3 Å². The van der Waals surface area contributed by atoms with Crippen molar-refractivity contribution in [2.24, 2.45) is 5.92 Å². The van der Waals surface area contributed by atoms with Gasteiger partial charge in [0.2, 0.25) is 0 Å². The molecule has 1 aromatic heterocycles. The molecule has 1 N–H and O–H groups in total. The molecule has 0 spiro atoms. The summed E-state index contributed by atoms with van der Waals surface area (Å²) >= 11 is 1.49. The number of nitrogens with zero attached hydrogens (tertiary/aromatic N) is 2. The Morgan fingerprint density at radius 1 is 1.54 bits per heavy atom. The van der Waals surface area contributed by atoms with Crippen molar-refractivity contribution >= 4 is 11.5 Å². The lowest BCUT2D eigenvalue weighted by atomic mass is 10.0. The molecular formula is C9H17N3S. The Morgan fingerprint density at radius 3 is 2.77 bits per heavy atom. The Labute approximate surface area is 83.8 Å². The van der Waals surface area contributed by atoms with E-state index in [9.17, 15) is 0 Å². The predicted molar refractivity (Wildman–Crippen MR) is 55.9 cm³/mol. The molecule has 0 amide bonds. The van der Waals surface area contributed by atoms with E-state index in [1.807, 2.05) is 7.05 Å². The first-order valence-electron chi connectivity index (χ1n) is 4.65. The highest BCUT2D eigenvalue weighted by atomic mass is 32.1. The van der Waals surface area contributed by atoms with Gasteiger partial charge in [0.1, 0.15) is 11.3 Å². The summed E-state index contributed by atoms with van der Waals surface area (Å²) in [5, 5.41) is 4.44. The fourth-order valence-electron chi connectivity index (χ4n) is 1.37. The third kappa shape index (κ3) is 3.83. The lowest BCUT2D eigenvalue weighted by molar-refractivity contribution is 0.440. The van der Waals surface area contributed by atoms with E-state index in [0.29, 0.717) is 6.04 Å². The molecule has 0 aliphatic heterocycles. The van der Waals surface area contributed by atoms with E-state index in [-0.39, 0.29) is 0 Å². The zero-order chi connectivity index (χ0) is 9.68. The van der Waals surface area contributed by atoms with Gasteiger partial charge >= 0.3 is 0 Å². The molecule has 0 aliphatic rings. The van der Waals surface area contributed by atoms with Crippen LogP contribution in [0.25, 0.3) is 0 Å². The van der Waals surface area contributed by atoms with Crippen LogP contribution in [0.5, 0.6) is 0 Å². The lowest BCUT2D eigenvalue weighted by Gasteiger charge is -2.16. The van der Waals surface area contributed by atoms with Crippen molar-refractivity contribution in [1.82, 2.24) is 14.7 Å². The van der Waals surface area contributed by atoms with Gasteiger partial charge in [0, 0.05) is 12.5 Å². The van der Waals surface area contributed by atoms with Gasteiger partial charge in [0.15, 0.2) is 0 Å². The largest absolute Gasteiger partial charge is 0.317 e. The SMILES string of the molecule is CNC(Cc1ncns1)CC(C)C. The fraction of sp³-hybridized carbons (Fsp3) is 0.778. The Hall–Kier alpha value is -0.480. The van der Waals surface area contributed by atoms with Crippen LogP contribution in [0.1, 0.15) is 25.3 Å². The lowest BCUT2D eigenvalue weighted by Crippen LogP contribution is -2.29. The maximum atomic E-state index is 4.18. The van der Waals surface area contributed by atoms with Crippen molar-refractivity contribution in [2.45, 2.75) is 32.7 Å². The summed E-state index contributed by atoms with van der Waals surface area (Å²) in [6.07, 6.45) is 3.82. The van der Waals surface area contributed by atoms with Gasteiger partial charge in [-0.25, -0.2) is 4.98 Å². The smallest absolute Gasteiger partial charge is 0.129 e. The van der Waals surface area contributed by atoms with Crippen LogP contribution in [0.2, 0.25) is 0 Å². The quantitative estimate of drug-likeness (QED) is 0.784. The average molecular weight is 199 g/mol. The minimum atomic E-state index is 0.535. The number of likely N-dealkylation sites (N-methyl/N-ethyl adjacent to an activating group) is 1. The molecule has 3 nitrogen and oxygen atoms in total. The first-order chi connectivity index (χ1) is 6.22. The minimum absolute atomic E-state index is 0.535. The summed E-state index contributed by atoms with van der Waals surface area (Å²) < 4.78 is 3.99. The highest BCUT2D eigenvalue weighted by Crippen LogP contribution is 2.10. The fourth-order valence-corrected chi connectivity index (χ4v) is 1.95. The van der Waals surface area contributed by atoms with E-state index in [0.717, 1.165) is 17.3 Å². The second kappa shape index (κ2) is 5.29. The molecule has 1 rings (SSSR count). The van der Waals surface area contributed by atoms with Crippen molar-refractivity contribution in [1.29, 1.82) is 0 Å². The average Bonchev–Trinajstić information content (AvgIpc) is 2.55. The molecular weight excluding hydrogens is 182 g/mol. The molecule has 13 heavy (non-hydrogen) atoms. The van der Waals surface area contributed by atoms with E-state index in [1.54, 1.807) is 6.33 Å². The van der Waals surface area contributed by atoms with Gasteiger partial charge in [0.05, 0.1) is 0 Å². The summed E-state index contributed by atoms with van der Waals surface area (Å²) in [5.41, 5.74) is 0. The molecule has 1 aromatic rings. The van der Waals surface area contributed by atoms with Gasteiger partial charge < -0.3 is 5.32 Å². The number of nitrogens with one attached hydrogen (secondary N) is 1. The topological polar surface area (TPSA) is 37.8 Å². The van der Waals surface area contributed by atoms with Gasteiger partial charge in [0.25, 0.3) is 0 Å². The number of aromatic nitrogens is 2. The summed E-state index contributed by atoms with van der Waals surface area (Å²) in [7, 11) is 2.01. The third-order valence-electron chi connectivity index (χ3n) is 1.99. The van der Waals surface area contributed by atoms with Gasteiger partial charge in [-0.2, -0.15) is 4.37 Å². The summed E-state index contributed by atoms with van der Waals surface area (Å²) in [6, 6.07) is 0.535. The minimum Gasteiger partial charge on any atom is -0.317 e. The molecule has 0 fully saturated rings. The molecule has 74 valence electrons. The monoisotopic (exact) mass is 199 g/mol. The van der Waals surface area contributed by atoms with E-state index in [4.69, 9.17) is 0 Å². The van der Waals surface area contributed by atoms with Crippen molar-refractivity contribution in [3.8, 4) is 0 Å². The van der Waals surface area contributed by atoms with Crippen LogP contribution < -0.4 is 5.32 Å². The van der Waals surface area contributed by atoms with Gasteiger partial charge in [-0.1, -0.05) is 13.8 Å². The van der Waals surface area contributed by atoms with Crippen molar-refractivity contribution in [2.75, 3.05) is 7.05 Å². The van der Waals surface area contributed by atoms with Gasteiger partial charge in [-0.05, 0) is 30.9 Å². The Balaban J connectivity index is 2.40. The molecule has 0 saturated heterocycles. The van der Waals surface area contributed by atoms with E-state index in [2.05, 4.69) is 28.5 Å². The molecule has 1 atom stereocenters. The van der Waals surface area contributed by atoms with Crippen LogP contribution in [-0.2, 0) is 6.42 Å². The van der Waals surface area contributed by atoms with Crippen LogP contribution in [0.4, 0.5) is 0 Å². The summed E-state index contributed by atoms with van der Waals surface area (Å²) in [4.78, 5) is 4.18. The number of hydrogen-bond donors (Lipinski definition) is 1. The van der Waals surface area contributed by atoms with Crippen molar-refractivity contribution in [3.63, 3.8) is 0 Å². The maximum absolute atomic E-state index is 4.18. The molecule has 0 aliphatic carbocycles. The normalized spacial score (nSPS) is 13.5. The van der Waals surface area contributed by atoms with Crippen LogP contribution in [0, 0.1) is 5.92 Å². The van der Waals surface area contributed by atoms with Crippen LogP contribution >= 0.6 is 11.5 Å². The standard InChI is InChI=1S/C9H17N3S/c1-7(2)4-8(10-3)5-9-11-6-12-13-9/h6-8,10H,4-5H2,1-3H3. The first-order valence-corrected chi connectivity index (χ1v) is 5.42. The first kappa shape index (κ1) is 10.6. The Morgan fingerprint density at radius 2 is 2.31 bits per heavy atom. The van der Waals surface area contributed by atoms with Gasteiger partial charge in [-0.15, -0.1) is 0 Å². The number of hydrogen-bond acceptors (Lipinski definition) is 4. The molecule has 0 radical (unpaired) electrons. The zero-order valence-electron chi connectivity index (χ0n) is 8.45. The molecule has 1 unspecified atom stereocenters. The molecule has 0 bridgehead atoms. The van der Waals surface area contributed by atoms with E-state index in [1.165, 1.54) is 18.0 Å². The van der Waals surface area contributed by atoms with Crippen molar-refractivity contribution < 1.29 is 0 Å². The zero-order valence-corrected chi connectivity index (χ0v) is 9.27. The molecule has 4 heteroatoms. The Kier molecular flexibility index (Phi) is 4.32. The second-order valence-corrected chi connectivity index (χ2v) is 4.52. The third-order valence-corrected chi connectivity index (χ3v) is 2.67. The highest BCUT2D eigenvalue weighted by molar-refractivity contribution is 7.05. The molecule has 1 heterocycles. The van der Waals surface area contributed by atoms with Crippen LogP contribution in [-0.4, -0.2) is 22.4 Å². The summed E-state index contributed by atoms with van der Waals surface area (Å²) in [6.45, 7) is 4.48. The maximum Gasteiger partial charge on any atom is 0.129 e. The highest BCUT2D eigenvalue weighted by Gasteiger charge is 2.10. The van der Waals surface area contributed by atoms with Crippen LogP contribution in [0.15, 0.2) is 6.33 Å². The Bertz CT molecular complexity index is 221. The second-order valence-electron chi connectivity index (χ2n) is 3.65.